The summed E-state index contributed by atoms with van der Waals surface area (Å²) in [5.41, 5.74) is 4.34. The van der Waals surface area contributed by atoms with Crippen LogP contribution in [0.3, 0.4) is 0 Å². The van der Waals surface area contributed by atoms with Gasteiger partial charge in [-0.3, -0.25) is 14.5 Å². The second kappa shape index (κ2) is 15.9. The zero-order valence-electron chi connectivity index (χ0n) is 27.1. The molecule has 3 aromatic carbocycles. The standard InChI is InChI=1S/C36H47N3O5/c1-25-21-30(43-24-29-17-12-9-13-18-29)22-26(2)31(25)23-32(39(7)35(42)44-36(4,5)6)34(41)38-27(3)33(40)37-20-14-19-28-15-10-8-11-16-28/h8-13,15-18,21-22,27,32H,14,19-20,23-24H2,1-7H3,(H,37,40)(H,38,41)/t27-,32?/m1/s1. The van der Waals surface area contributed by atoms with Crippen LogP contribution in [0, 0.1) is 13.8 Å². The van der Waals surface area contributed by atoms with Gasteiger partial charge in [0.15, 0.2) is 0 Å². The minimum absolute atomic E-state index is 0.240. The molecule has 8 nitrogen and oxygen atoms in total. The fourth-order valence-corrected chi connectivity index (χ4v) is 4.84. The Morgan fingerprint density at radius 1 is 0.864 bits per heavy atom. The van der Waals surface area contributed by atoms with Crippen molar-refractivity contribution in [3.8, 4) is 5.75 Å². The van der Waals surface area contributed by atoms with E-state index in [1.807, 2.05) is 74.5 Å². The number of rotatable bonds is 13. The summed E-state index contributed by atoms with van der Waals surface area (Å²) in [5, 5.41) is 5.73. The van der Waals surface area contributed by atoms with Gasteiger partial charge in [0, 0.05) is 20.0 Å². The molecule has 2 atom stereocenters. The number of carbonyl (C=O) groups is 3. The van der Waals surface area contributed by atoms with Crippen molar-refractivity contribution in [1.29, 1.82) is 0 Å². The Kier molecular flexibility index (Phi) is 12.4. The van der Waals surface area contributed by atoms with Crippen LogP contribution >= 0.6 is 0 Å². The van der Waals surface area contributed by atoms with Crippen LogP contribution in [0.2, 0.25) is 0 Å². The molecule has 0 saturated heterocycles. The van der Waals surface area contributed by atoms with E-state index in [0.717, 1.165) is 40.8 Å². The third kappa shape index (κ3) is 10.7. The maximum atomic E-state index is 13.7. The normalized spacial score (nSPS) is 12.5. The second-order valence-corrected chi connectivity index (χ2v) is 12.2. The molecule has 8 heteroatoms. The number of carbonyl (C=O) groups excluding carboxylic acids is 3. The minimum Gasteiger partial charge on any atom is -0.489 e. The number of nitrogens with one attached hydrogen (secondary N) is 2. The van der Waals surface area contributed by atoms with Crippen molar-refractivity contribution in [2.24, 2.45) is 0 Å². The molecule has 0 aliphatic heterocycles. The lowest BCUT2D eigenvalue weighted by molar-refractivity contribution is -0.131. The van der Waals surface area contributed by atoms with Crippen molar-refractivity contribution >= 4 is 17.9 Å². The number of likely N-dealkylation sites (N-methyl/N-ethyl adjacent to an activating group) is 1. The van der Waals surface area contributed by atoms with E-state index in [-0.39, 0.29) is 12.3 Å². The largest absolute Gasteiger partial charge is 0.489 e. The van der Waals surface area contributed by atoms with Crippen molar-refractivity contribution < 1.29 is 23.9 Å². The Morgan fingerprint density at radius 2 is 1.43 bits per heavy atom. The van der Waals surface area contributed by atoms with Gasteiger partial charge in [-0.1, -0.05) is 60.7 Å². The van der Waals surface area contributed by atoms with Gasteiger partial charge in [-0.25, -0.2) is 4.79 Å². The van der Waals surface area contributed by atoms with E-state index in [1.54, 1.807) is 34.7 Å². The summed E-state index contributed by atoms with van der Waals surface area (Å²) >= 11 is 0. The first-order chi connectivity index (χ1) is 20.8. The summed E-state index contributed by atoms with van der Waals surface area (Å²) in [7, 11) is 1.55. The molecule has 3 rings (SSSR count). The van der Waals surface area contributed by atoms with Gasteiger partial charge in [0.25, 0.3) is 0 Å². The van der Waals surface area contributed by atoms with Gasteiger partial charge in [0.1, 0.15) is 30.0 Å². The Labute approximate surface area is 262 Å². The first-order valence-electron chi connectivity index (χ1n) is 15.2. The average molecular weight is 602 g/mol. The molecule has 236 valence electrons. The number of benzene rings is 3. The molecule has 0 spiro atoms. The van der Waals surface area contributed by atoms with Gasteiger partial charge >= 0.3 is 6.09 Å². The molecular formula is C36H47N3O5. The third-order valence-electron chi connectivity index (χ3n) is 7.30. The predicted molar refractivity (Wildman–Crippen MR) is 174 cm³/mol. The fraction of sp³-hybridized carbons (Fsp3) is 0.417. The maximum absolute atomic E-state index is 13.7. The van der Waals surface area contributed by atoms with Gasteiger partial charge in [0.05, 0.1) is 0 Å². The maximum Gasteiger partial charge on any atom is 0.410 e. The Morgan fingerprint density at radius 3 is 2.00 bits per heavy atom. The van der Waals surface area contributed by atoms with Gasteiger partial charge in [0.2, 0.25) is 11.8 Å². The zero-order chi connectivity index (χ0) is 32.3. The average Bonchev–Trinajstić information content (AvgIpc) is 2.97. The second-order valence-electron chi connectivity index (χ2n) is 12.2. The van der Waals surface area contributed by atoms with Crippen LogP contribution in [-0.2, 0) is 33.8 Å². The topological polar surface area (TPSA) is 97.0 Å². The van der Waals surface area contributed by atoms with E-state index in [1.165, 1.54) is 10.5 Å². The molecule has 0 saturated carbocycles. The summed E-state index contributed by atoms with van der Waals surface area (Å²) in [6, 6.07) is 22.2. The smallest absolute Gasteiger partial charge is 0.410 e. The highest BCUT2D eigenvalue weighted by Gasteiger charge is 2.32. The highest BCUT2D eigenvalue weighted by Crippen LogP contribution is 2.25. The number of hydrogen-bond donors (Lipinski definition) is 2. The number of ether oxygens (including phenoxy) is 2. The SMILES string of the molecule is Cc1cc(OCc2ccccc2)cc(C)c1CC(C(=O)N[C@H](C)C(=O)NCCCc1ccccc1)N(C)C(=O)OC(C)(C)C. The summed E-state index contributed by atoms with van der Waals surface area (Å²) in [6.07, 6.45) is 1.25. The highest BCUT2D eigenvalue weighted by atomic mass is 16.6. The lowest BCUT2D eigenvalue weighted by Crippen LogP contribution is -2.54. The zero-order valence-corrected chi connectivity index (χ0v) is 27.1. The lowest BCUT2D eigenvalue weighted by atomic mass is 9.95. The van der Waals surface area contributed by atoms with E-state index >= 15 is 0 Å². The molecule has 0 aliphatic rings. The molecule has 0 aromatic heterocycles. The molecule has 0 heterocycles. The van der Waals surface area contributed by atoms with Crippen LogP contribution in [0.15, 0.2) is 72.8 Å². The highest BCUT2D eigenvalue weighted by molar-refractivity contribution is 5.91. The van der Waals surface area contributed by atoms with Gasteiger partial charge < -0.3 is 20.1 Å². The summed E-state index contributed by atoms with van der Waals surface area (Å²) in [5.74, 6) is 0.0116. The van der Waals surface area contributed by atoms with Crippen molar-refractivity contribution in [2.75, 3.05) is 13.6 Å². The van der Waals surface area contributed by atoms with Crippen LogP contribution in [0.5, 0.6) is 5.75 Å². The van der Waals surface area contributed by atoms with Crippen LogP contribution < -0.4 is 15.4 Å². The third-order valence-corrected chi connectivity index (χ3v) is 7.30. The van der Waals surface area contributed by atoms with E-state index in [4.69, 9.17) is 9.47 Å². The van der Waals surface area contributed by atoms with Gasteiger partial charge in [-0.15, -0.1) is 0 Å². The molecule has 3 amide bonds. The predicted octanol–water partition coefficient (Wildman–Crippen LogP) is 5.91. The summed E-state index contributed by atoms with van der Waals surface area (Å²) < 4.78 is 11.6. The van der Waals surface area contributed by atoms with E-state index < -0.39 is 29.7 Å². The molecule has 0 bridgehead atoms. The molecule has 44 heavy (non-hydrogen) atoms. The van der Waals surface area contributed by atoms with E-state index in [2.05, 4.69) is 22.8 Å². The molecule has 2 N–H and O–H groups in total. The lowest BCUT2D eigenvalue weighted by Gasteiger charge is -2.31. The number of nitrogens with zero attached hydrogens (tertiary/aromatic N) is 1. The van der Waals surface area contributed by atoms with Crippen molar-refractivity contribution in [1.82, 2.24) is 15.5 Å². The minimum atomic E-state index is -0.910. The summed E-state index contributed by atoms with van der Waals surface area (Å²) in [6.45, 7) is 11.8. The van der Waals surface area contributed by atoms with Crippen LogP contribution in [0.1, 0.15) is 61.9 Å². The van der Waals surface area contributed by atoms with E-state index in [0.29, 0.717) is 13.2 Å². The number of aryl methyl sites for hydroxylation is 3. The van der Waals surface area contributed by atoms with E-state index in [9.17, 15) is 14.4 Å². The Balaban J connectivity index is 1.70. The van der Waals surface area contributed by atoms with Crippen LogP contribution in [0.25, 0.3) is 0 Å². The quantitative estimate of drug-likeness (QED) is 0.237. The van der Waals surface area contributed by atoms with Gasteiger partial charge in [-0.2, -0.15) is 0 Å². The number of hydrogen-bond acceptors (Lipinski definition) is 5. The molecule has 1 unspecified atom stereocenters. The molecule has 3 aromatic rings. The monoisotopic (exact) mass is 601 g/mol. The first-order valence-corrected chi connectivity index (χ1v) is 15.2. The molecule has 0 aliphatic carbocycles. The van der Waals surface area contributed by atoms with Crippen LogP contribution in [0.4, 0.5) is 4.79 Å². The summed E-state index contributed by atoms with van der Waals surface area (Å²) in [4.78, 5) is 40.9. The Bertz CT molecular complexity index is 1360. The Hall–Kier alpha value is -4.33. The molecule has 0 fully saturated rings. The van der Waals surface area contributed by atoms with Crippen molar-refractivity contribution in [3.63, 3.8) is 0 Å². The molecular weight excluding hydrogens is 554 g/mol. The first kappa shape index (κ1) is 34.2. The number of amides is 3. The van der Waals surface area contributed by atoms with Gasteiger partial charge in [-0.05, 0) is 94.3 Å². The molecule has 0 radical (unpaired) electrons. The van der Waals surface area contributed by atoms with Crippen molar-refractivity contribution in [2.45, 2.75) is 85.1 Å². The fourth-order valence-electron chi connectivity index (χ4n) is 4.84. The van der Waals surface area contributed by atoms with Crippen LogP contribution in [-0.4, -0.2) is 54.1 Å². The van der Waals surface area contributed by atoms with Crippen molar-refractivity contribution in [3.05, 3.63) is 101 Å².